The Balaban J connectivity index is 2.11. The fourth-order valence-electron chi connectivity index (χ4n) is 2.06. The van der Waals surface area contributed by atoms with Crippen molar-refractivity contribution in [3.63, 3.8) is 0 Å². The molecule has 0 bridgehead atoms. The predicted molar refractivity (Wildman–Crippen MR) is 81.2 cm³/mol. The summed E-state index contributed by atoms with van der Waals surface area (Å²) in [5, 5.41) is 8.73. The van der Waals surface area contributed by atoms with Crippen molar-refractivity contribution in [1.29, 1.82) is 0 Å². The number of nitrogens with zero attached hydrogens (tertiary/aromatic N) is 2. The van der Waals surface area contributed by atoms with Gasteiger partial charge in [0.05, 0.1) is 4.90 Å². The van der Waals surface area contributed by atoms with Gasteiger partial charge in [0.15, 0.2) is 5.82 Å². The maximum atomic E-state index is 12.5. The molecule has 0 fully saturated rings. The summed E-state index contributed by atoms with van der Waals surface area (Å²) in [4.78, 5) is 0.172. The molecule has 0 saturated carbocycles. The molecule has 0 aliphatic heterocycles. The summed E-state index contributed by atoms with van der Waals surface area (Å²) in [5.41, 5.74) is 6.31. The van der Waals surface area contributed by atoms with Gasteiger partial charge in [-0.25, -0.2) is 8.42 Å². The smallest absolute Gasteiger partial charge is 0.263 e. The second-order valence-corrected chi connectivity index (χ2v) is 6.10. The van der Waals surface area contributed by atoms with Crippen molar-refractivity contribution in [3.8, 4) is 0 Å². The first-order chi connectivity index (χ1) is 10.1. The van der Waals surface area contributed by atoms with E-state index in [0.29, 0.717) is 11.1 Å². The quantitative estimate of drug-likeness (QED) is 0.721. The second-order valence-electron chi connectivity index (χ2n) is 4.45. The molecule has 3 aromatic rings. The Kier molecular flexibility index (Phi) is 3.19. The summed E-state index contributed by atoms with van der Waals surface area (Å²) < 4.78 is 27.4. The van der Waals surface area contributed by atoms with Crippen molar-refractivity contribution in [3.05, 3.63) is 54.7 Å². The van der Waals surface area contributed by atoms with Gasteiger partial charge < -0.3 is 5.73 Å². The monoisotopic (exact) mass is 300 g/mol. The van der Waals surface area contributed by atoms with Crippen molar-refractivity contribution in [1.82, 2.24) is 10.2 Å². The van der Waals surface area contributed by atoms with Gasteiger partial charge in [-0.15, -0.1) is 5.10 Å². The van der Waals surface area contributed by atoms with Crippen LogP contribution in [0.1, 0.15) is 0 Å². The van der Waals surface area contributed by atoms with Crippen LogP contribution in [0.3, 0.4) is 0 Å². The lowest BCUT2D eigenvalue weighted by Gasteiger charge is -2.09. The van der Waals surface area contributed by atoms with Crippen LogP contribution in [-0.2, 0) is 10.0 Å². The minimum atomic E-state index is -3.75. The lowest BCUT2D eigenvalue weighted by Crippen LogP contribution is -2.14. The third kappa shape index (κ3) is 2.63. The molecule has 0 radical (unpaired) electrons. The molecule has 1 heterocycles. The molecular formula is C14H12N4O2S. The van der Waals surface area contributed by atoms with Crippen LogP contribution in [0.15, 0.2) is 59.6 Å². The van der Waals surface area contributed by atoms with Gasteiger partial charge in [0.1, 0.15) is 0 Å². The fraction of sp³-hybridized carbons (Fsp3) is 0. The zero-order chi connectivity index (χ0) is 14.9. The predicted octanol–water partition coefficient (Wildman–Crippen LogP) is 2.01. The molecule has 7 heteroatoms. The van der Waals surface area contributed by atoms with Crippen LogP contribution in [0.2, 0.25) is 0 Å². The number of sulfonamides is 1. The van der Waals surface area contributed by atoms with Crippen LogP contribution in [0.4, 0.5) is 11.5 Å². The maximum absolute atomic E-state index is 12.5. The number of hydrogen-bond donors (Lipinski definition) is 2. The molecule has 0 saturated heterocycles. The number of anilines is 2. The van der Waals surface area contributed by atoms with Crippen LogP contribution >= 0.6 is 0 Å². The molecule has 1 aromatic heterocycles. The zero-order valence-corrected chi connectivity index (χ0v) is 11.7. The number of hydrogen-bond acceptors (Lipinski definition) is 5. The molecule has 0 unspecified atom stereocenters. The van der Waals surface area contributed by atoms with Gasteiger partial charge in [0, 0.05) is 17.3 Å². The lowest BCUT2D eigenvalue weighted by molar-refractivity contribution is 0.601. The first-order valence-electron chi connectivity index (χ1n) is 6.15. The van der Waals surface area contributed by atoms with Gasteiger partial charge in [-0.3, -0.25) is 4.72 Å². The highest BCUT2D eigenvalue weighted by atomic mass is 32.2. The molecule has 106 valence electrons. The van der Waals surface area contributed by atoms with Gasteiger partial charge >= 0.3 is 0 Å². The van der Waals surface area contributed by atoms with Gasteiger partial charge in [0.2, 0.25) is 0 Å². The summed E-state index contributed by atoms with van der Waals surface area (Å²) in [7, 11) is -3.75. The van der Waals surface area contributed by atoms with Crippen molar-refractivity contribution in [2.75, 3.05) is 10.5 Å². The van der Waals surface area contributed by atoms with Crippen LogP contribution in [0, 0.1) is 0 Å². The Morgan fingerprint density at radius 3 is 2.67 bits per heavy atom. The SMILES string of the molecule is Nc1ccc2c(S(=O)(=O)Nc3cccnn3)cccc2c1. The van der Waals surface area contributed by atoms with E-state index < -0.39 is 10.0 Å². The topological polar surface area (TPSA) is 98.0 Å². The molecular weight excluding hydrogens is 288 g/mol. The highest BCUT2D eigenvalue weighted by Crippen LogP contribution is 2.26. The second kappa shape index (κ2) is 5.02. The molecule has 0 aliphatic carbocycles. The number of rotatable bonds is 3. The molecule has 3 rings (SSSR count). The van der Waals surface area contributed by atoms with Gasteiger partial charge in [0.25, 0.3) is 10.0 Å². The molecule has 0 atom stereocenters. The third-order valence-corrected chi connectivity index (χ3v) is 4.38. The average Bonchev–Trinajstić information content (AvgIpc) is 2.47. The normalized spacial score (nSPS) is 11.4. The van der Waals surface area contributed by atoms with Crippen molar-refractivity contribution >= 4 is 32.3 Å². The standard InChI is InChI=1S/C14H12N4O2S/c15-11-6-7-12-10(9-11)3-1-4-13(12)21(19,20)18-14-5-2-8-16-17-14/h1-9H,15H2,(H,17,18). The van der Waals surface area contributed by atoms with E-state index in [0.717, 1.165) is 5.39 Å². The number of nitrogens with two attached hydrogens (primary N) is 1. The van der Waals surface area contributed by atoms with E-state index in [2.05, 4.69) is 14.9 Å². The van der Waals surface area contributed by atoms with E-state index in [1.165, 1.54) is 18.3 Å². The Morgan fingerprint density at radius 1 is 1.05 bits per heavy atom. The van der Waals surface area contributed by atoms with E-state index in [1.807, 2.05) is 6.07 Å². The number of nitrogens with one attached hydrogen (secondary N) is 1. The molecule has 0 aliphatic rings. The van der Waals surface area contributed by atoms with Gasteiger partial charge in [-0.05, 0) is 35.7 Å². The lowest BCUT2D eigenvalue weighted by atomic mass is 10.1. The summed E-state index contributed by atoms with van der Waals surface area (Å²) >= 11 is 0. The van der Waals surface area contributed by atoms with Crippen LogP contribution in [-0.4, -0.2) is 18.6 Å². The molecule has 3 N–H and O–H groups in total. The molecule has 2 aromatic carbocycles. The minimum Gasteiger partial charge on any atom is -0.399 e. The van der Waals surface area contributed by atoms with Gasteiger partial charge in [-0.2, -0.15) is 5.10 Å². The first kappa shape index (κ1) is 13.3. The Morgan fingerprint density at radius 2 is 1.90 bits per heavy atom. The molecule has 0 spiro atoms. The highest BCUT2D eigenvalue weighted by molar-refractivity contribution is 7.93. The Labute approximate surface area is 121 Å². The summed E-state index contributed by atoms with van der Waals surface area (Å²) in [5.74, 6) is 0.171. The van der Waals surface area contributed by atoms with Crippen molar-refractivity contribution in [2.24, 2.45) is 0 Å². The fourth-order valence-corrected chi connectivity index (χ4v) is 3.28. The third-order valence-electron chi connectivity index (χ3n) is 2.97. The Bertz CT molecular complexity index is 895. The minimum absolute atomic E-state index is 0.171. The summed E-state index contributed by atoms with van der Waals surface area (Å²) in [6.45, 7) is 0. The average molecular weight is 300 g/mol. The van der Waals surface area contributed by atoms with Crippen LogP contribution in [0.5, 0.6) is 0 Å². The summed E-state index contributed by atoms with van der Waals surface area (Å²) in [6, 6.07) is 13.3. The number of fused-ring (bicyclic) bond motifs is 1. The molecule has 21 heavy (non-hydrogen) atoms. The molecule has 6 nitrogen and oxygen atoms in total. The van der Waals surface area contributed by atoms with Crippen LogP contribution < -0.4 is 10.5 Å². The number of nitrogen functional groups attached to an aromatic ring is 1. The zero-order valence-electron chi connectivity index (χ0n) is 10.9. The van der Waals surface area contributed by atoms with E-state index >= 15 is 0 Å². The highest BCUT2D eigenvalue weighted by Gasteiger charge is 2.18. The van der Waals surface area contributed by atoms with E-state index in [-0.39, 0.29) is 10.7 Å². The largest absolute Gasteiger partial charge is 0.399 e. The number of aromatic nitrogens is 2. The van der Waals surface area contributed by atoms with Gasteiger partial charge in [-0.1, -0.05) is 18.2 Å². The first-order valence-corrected chi connectivity index (χ1v) is 7.63. The van der Waals surface area contributed by atoms with E-state index in [4.69, 9.17) is 5.73 Å². The van der Waals surface area contributed by atoms with E-state index in [9.17, 15) is 8.42 Å². The van der Waals surface area contributed by atoms with E-state index in [1.54, 1.807) is 30.3 Å². The summed E-state index contributed by atoms with van der Waals surface area (Å²) in [6.07, 6.45) is 1.47. The molecule has 0 amide bonds. The van der Waals surface area contributed by atoms with Crippen LogP contribution in [0.25, 0.3) is 10.8 Å². The van der Waals surface area contributed by atoms with Crippen molar-refractivity contribution in [2.45, 2.75) is 4.90 Å². The van der Waals surface area contributed by atoms with Crippen molar-refractivity contribution < 1.29 is 8.42 Å². The number of benzene rings is 2. The maximum Gasteiger partial charge on any atom is 0.263 e. The Hall–Kier alpha value is -2.67.